The molecule has 0 aromatic carbocycles. The summed E-state index contributed by atoms with van der Waals surface area (Å²) in [7, 11) is 0. The van der Waals surface area contributed by atoms with E-state index in [1.165, 1.54) is 5.69 Å². The number of nitrogens with zero attached hydrogens (tertiary/aromatic N) is 2. The SMILES string of the molecule is CC(C)(C)Cc1cncn1CCOC1CCC(N)CC1. The van der Waals surface area contributed by atoms with Gasteiger partial charge in [0.05, 0.1) is 19.0 Å². The van der Waals surface area contributed by atoms with Crippen molar-refractivity contribution in [2.45, 2.75) is 71.6 Å². The number of imidazole rings is 1. The van der Waals surface area contributed by atoms with Crippen LogP contribution >= 0.6 is 0 Å². The van der Waals surface area contributed by atoms with Gasteiger partial charge in [-0.3, -0.25) is 0 Å². The molecular weight excluding hydrogens is 250 g/mol. The van der Waals surface area contributed by atoms with Gasteiger partial charge in [-0.25, -0.2) is 4.98 Å². The molecule has 0 saturated heterocycles. The summed E-state index contributed by atoms with van der Waals surface area (Å²) in [5, 5.41) is 0. The topological polar surface area (TPSA) is 53.1 Å². The van der Waals surface area contributed by atoms with Crippen molar-refractivity contribution in [1.82, 2.24) is 9.55 Å². The van der Waals surface area contributed by atoms with Crippen molar-refractivity contribution in [1.29, 1.82) is 0 Å². The summed E-state index contributed by atoms with van der Waals surface area (Å²) in [5.41, 5.74) is 7.50. The monoisotopic (exact) mass is 279 g/mol. The number of rotatable bonds is 5. The summed E-state index contributed by atoms with van der Waals surface area (Å²) in [4.78, 5) is 4.27. The van der Waals surface area contributed by atoms with Gasteiger partial charge in [0.1, 0.15) is 0 Å². The Bertz CT molecular complexity index is 400. The molecule has 1 fully saturated rings. The van der Waals surface area contributed by atoms with Crippen LogP contribution in [0.25, 0.3) is 0 Å². The van der Waals surface area contributed by atoms with Gasteiger partial charge in [-0.2, -0.15) is 0 Å². The molecule has 4 heteroatoms. The van der Waals surface area contributed by atoms with Crippen molar-refractivity contribution in [3.63, 3.8) is 0 Å². The minimum Gasteiger partial charge on any atom is -0.376 e. The van der Waals surface area contributed by atoms with Crippen LogP contribution in [0.4, 0.5) is 0 Å². The Labute approximate surface area is 122 Å². The van der Waals surface area contributed by atoms with E-state index in [1.807, 2.05) is 12.5 Å². The van der Waals surface area contributed by atoms with Crippen LogP contribution in [-0.4, -0.2) is 28.3 Å². The predicted octanol–water partition coefficient (Wildman–Crippen LogP) is 2.76. The van der Waals surface area contributed by atoms with Crippen molar-refractivity contribution in [3.8, 4) is 0 Å². The summed E-state index contributed by atoms with van der Waals surface area (Å²) in [6, 6.07) is 0.391. The first kappa shape index (κ1) is 15.5. The van der Waals surface area contributed by atoms with E-state index < -0.39 is 0 Å². The van der Waals surface area contributed by atoms with Crippen molar-refractivity contribution in [3.05, 3.63) is 18.2 Å². The molecule has 2 N–H and O–H groups in total. The average Bonchev–Trinajstić information content (AvgIpc) is 2.77. The Morgan fingerprint density at radius 3 is 2.65 bits per heavy atom. The summed E-state index contributed by atoms with van der Waals surface area (Å²) >= 11 is 0. The average molecular weight is 279 g/mol. The summed E-state index contributed by atoms with van der Waals surface area (Å²) < 4.78 is 8.21. The summed E-state index contributed by atoms with van der Waals surface area (Å²) in [6.45, 7) is 8.44. The summed E-state index contributed by atoms with van der Waals surface area (Å²) in [5.74, 6) is 0. The van der Waals surface area contributed by atoms with Gasteiger partial charge in [-0.05, 0) is 37.5 Å². The van der Waals surface area contributed by atoms with Gasteiger partial charge in [-0.1, -0.05) is 20.8 Å². The highest BCUT2D eigenvalue weighted by atomic mass is 16.5. The number of hydrogen-bond donors (Lipinski definition) is 1. The molecule has 0 atom stereocenters. The zero-order chi connectivity index (χ0) is 14.6. The third kappa shape index (κ3) is 4.91. The van der Waals surface area contributed by atoms with Gasteiger partial charge in [-0.15, -0.1) is 0 Å². The van der Waals surface area contributed by atoms with Crippen molar-refractivity contribution < 1.29 is 4.74 Å². The van der Waals surface area contributed by atoms with Crippen LogP contribution in [0.1, 0.15) is 52.1 Å². The predicted molar refractivity (Wildman–Crippen MR) is 81.6 cm³/mol. The largest absolute Gasteiger partial charge is 0.376 e. The van der Waals surface area contributed by atoms with Crippen LogP contribution in [-0.2, 0) is 17.7 Å². The quantitative estimate of drug-likeness (QED) is 0.901. The highest BCUT2D eigenvalue weighted by molar-refractivity contribution is 5.01. The van der Waals surface area contributed by atoms with Crippen LogP contribution < -0.4 is 5.73 Å². The molecule has 0 aliphatic heterocycles. The molecule has 20 heavy (non-hydrogen) atoms. The van der Waals surface area contributed by atoms with E-state index in [0.29, 0.717) is 12.1 Å². The molecule has 0 bridgehead atoms. The van der Waals surface area contributed by atoms with E-state index in [4.69, 9.17) is 10.5 Å². The minimum atomic E-state index is 0.290. The molecule has 1 aromatic heterocycles. The molecule has 1 aliphatic rings. The molecule has 0 spiro atoms. The Morgan fingerprint density at radius 2 is 2.00 bits per heavy atom. The Kier molecular flexibility index (Phi) is 5.22. The van der Waals surface area contributed by atoms with E-state index in [-0.39, 0.29) is 5.41 Å². The van der Waals surface area contributed by atoms with Crippen molar-refractivity contribution in [2.75, 3.05) is 6.61 Å². The zero-order valence-electron chi connectivity index (χ0n) is 13.1. The Balaban J connectivity index is 1.76. The maximum absolute atomic E-state index is 5.99. The fourth-order valence-electron chi connectivity index (χ4n) is 2.81. The molecular formula is C16H29N3O. The normalized spacial score (nSPS) is 24.0. The second kappa shape index (κ2) is 6.72. The fourth-order valence-corrected chi connectivity index (χ4v) is 2.81. The maximum Gasteiger partial charge on any atom is 0.0948 e. The van der Waals surface area contributed by atoms with Crippen molar-refractivity contribution in [2.24, 2.45) is 11.1 Å². The standard InChI is InChI=1S/C16H29N3O/c1-16(2,3)10-14-11-18-12-19(14)8-9-20-15-6-4-13(17)5-7-15/h11-13,15H,4-10,17H2,1-3H3. The van der Waals surface area contributed by atoms with Gasteiger partial charge in [0.25, 0.3) is 0 Å². The Hall–Kier alpha value is -0.870. The number of ether oxygens (including phenoxy) is 1. The van der Waals surface area contributed by atoms with Crippen molar-refractivity contribution >= 4 is 0 Å². The second-order valence-corrected chi connectivity index (χ2v) is 7.22. The number of hydrogen-bond acceptors (Lipinski definition) is 3. The maximum atomic E-state index is 5.99. The fraction of sp³-hybridized carbons (Fsp3) is 0.812. The van der Waals surface area contributed by atoms with Crippen LogP contribution in [0.5, 0.6) is 0 Å². The second-order valence-electron chi connectivity index (χ2n) is 7.22. The van der Waals surface area contributed by atoms with E-state index in [9.17, 15) is 0 Å². The van der Waals surface area contributed by atoms with E-state index >= 15 is 0 Å². The molecule has 1 heterocycles. The van der Waals surface area contributed by atoms with Gasteiger partial charge in [0.2, 0.25) is 0 Å². The van der Waals surface area contributed by atoms with Crippen LogP contribution in [0.2, 0.25) is 0 Å². The molecule has 114 valence electrons. The first-order valence-electron chi connectivity index (χ1n) is 7.80. The van der Waals surface area contributed by atoms with Crippen LogP contribution in [0.15, 0.2) is 12.5 Å². The molecule has 1 saturated carbocycles. The highest BCUT2D eigenvalue weighted by Crippen LogP contribution is 2.21. The lowest BCUT2D eigenvalue weighted by Crippen LogP contribution is -2.30. The smallest absolute Gasteiger partial charge is 0.0948 e. The molecule has 0 unspecified atom stereocenters. The molecule has 4 nitrogen and oxygen atoms in total. The Morgan fingerprint density at radius 1 is 1.30 bits per heavy atom. The lowest BCUT2D eigenvalue weighted by atomic mass is 9.91. The number of aromatic nitrogens is 2. The molecule has 0 radical (unpaired) electrons. The molecule has 1 aliphatic carbocycles. The van der Waals surface area contributed by atoms with E-state index in [1.54, 1.807) is 0 Å². The molecule has 0 amide bonds. The molecule has 2 rings (SSSR count). The zero-order valence-corrected chi connectivity index (χ0v) is 13.1. The lowest BCUT2D eigenvalue weighted by Gasteiger charge is -2.26. The van der Waals surface area contributed by atoms with Gasteiger partial charge < -0.3 is 15.0 Å². The van der Waals surface area contributed by atoms with E-state index in [2.05, 4.69) is 30.3 Å². The first-order chi connectivity index (χ1) is 9.44. The van der Waals surface area contributed by atoms with Gasteiger partial charge in [0, 0.05) is 24.5 Å². The number of nitrogens with two attached hydrogens (primary N) is 1. The van der Waals surface area contributed by atoms with Crippen LogP contribution in [0.3, 0.4) is 0 Å². The minimum absolute atomic E-state index is 0.290. The molecule has 1 aromatic rings. The van der Waals surface area contributed by atoms with E-state index in [0.717, 1.165) is 45.3 Å². The third-order valence-electron chi connectivity index (χ3n) is 3.91. The first-order valence-corrected chi connectivity index (χ1v) is 7.80. The lowest BCUT2D eigenvalue weighted by molar-refractivity contribution is 0.0206. The van der Waals surface area contributed by atoms with Gasteiger partial charge >= 0.3 is 0 Å². The third-order valence-corrected chi connectivity index (χ3v) is 3.91. The summed E-state index contributed by atoms with van der Waals surface area (Å²) in [6.07, 6.45) is 9.78. The van der Waals surface area contributed by atoms with Gasteiger partial charge in [0.15, 0.2) is 0 Å². The van der Waals surface area contributed by atoms with Crippen LogP contribution in [0, 0.1) is 5.41 Å². The highest BCUT2D eigenvalue weighted by Gasteiger charge is 2.19.